The first kappa shape index (κ1) is 14.4. The molecule has 7 nitrogen and oxygen atoms in total. The van der Waals surface area contributed by atoms with E-state index in [4.69, 9.17) is 10.5 Å². The number of ether oxygens (including phenoxy) is 1. The van der Waals surface area contributed by atoms with Gasteiger partial charge in [-0.3, -0.25) is 10.1 Å². The highest BCUT2D eigenvalue weighted by Crippen LogP contribution is 2.34. The molecule has 106 valence electrons. The van der Waals surface area contributed by atoms with Crippen LogP contribution in [0.15, 0.2) is 18.2 Å². The number of hydrogen-bond donors (Lipinski definition) is 1. The average molecular weight is 294 g/mol. The molecule has 2 aromatic rings. The van der Waals surface area contributed by atoms with Crippen LogP contribution in [0.4, 0.5) is 5.69 Å². The number of nitro groups is 1. The summed E-state index contributed by atoms with van der Waals surface area (Å²) in [6.07, 6.45) is 0.776. The lowest BCUT2D eigenvalue weighted by atomic mass is 10.2. The van der Waals surface area contributed by atoms with E-state index in [1.807, 2.05) is 6.92 Å². The highest BCUT2D eigenvalue weighted by atomic mass is 32.1. The van der Waals surface area contributed by atoms with E-state index in [2.05, 4.69) is 10.2 Å². The van der Waals surface area contributed by atoms with Crippen molar-refractivity contribution in [1.29, 1.82) is 0 Å². The SMILES string of the molecule is CCC(N)c1nnc(-c2ccc([N+](=O)[O-])c(OC)c2)s1. The molecule has 2 rings (SSSR count). The van der Waals surface area contributed by atoms with Crippen molar-refractivity contribution < 1.29 is 9.66 Å². The molecule has 1 aromatic heterocycles. The molecule has 0 saturated carbocycles. The van der Waals surface area contributed by atoms with Gasteiger partial charge in [-0.15, -0.1) is 10.2 Å². The van der Waals surface area contributed by atoms with Crippen molar-refractivity contribution in [3.8, 4) is 16.3 Å². The topological polar surface area (TPSA) is 104 Å². The largest absolute Gasteiger partial charge is 0.490 e. The van der Waals surface area contributed by atoms with Gasteiger partial charge >= 0.3 is 5.69 Å². The quantitative estimate of drug-likeness (QED) is 0.671. The smallest absolute Gasteiger partial charge is 0.310 e. The summed E-state index contributed by atoms with van der Waals surface area (Å²) in [5.41, 5.74) is 6.54. The zero-order valence-corrected chi connectivity index (χ0v) is 11.9. The van der Waals surface area contributed by atoms with E-state index in [-0.39, 0.29) is 17.5 Å². The molecule has 0 aliphatic rings. The Balaban J connectivity index is 2.38. The van der Waals surface area contributed by atoms with Crippen LogP contribution in [-0.2, 0) is 0 Å². The lowest BCUT2D eigenvalue weighted by Crippen LogP contribution is -2.07. The molecule has 0 radical (unpaired) electrons. The number of nitrogens with two attached hydrogens (primary N) is 1. The lowest BCUT2D eigenvalue weighted by molar-refractivity contribution is -0.385. The monoisotopic (exact) mass is 294 g/mol. The number of aromatic nitrogens is 2. The van der Waals surface area contributed by atoms with Crippen LogP contribution in [-0.4, -0.2) is 22.2 Å². The van der Waals surface area contributed by atoms with E-state index in [0.717, 1.165) is 17.0 Å². The number of methoxy groups -OCH3 is 1. The standard InChI is InChI=1S/C12H14N4O3S/c1-3-8(13)12-15-14-11(20-12)7-4-5-9(16(17)18)10(6-7)19-2/h4-6,8H,3,13H2,1-2H3. The number of rotatable bonds is 5. The van der Waals surface area contributed by atoms with Gasteiger partial charge < -0.3 is 10.5 Å². The average Bonchev–Trinajstić information content (AvgIpc) is 2.95. The molecule has 1 aromatic carbocycles. The Labute approximate surface area is 119 Å². The minimum absolute atomic E-state index is 0.0775. The van der Waals surface area contributed by atoms with Crippen LogP contribution in [0.3, 0.4) is 0 Å². The second kappa shape index (κ2) is 5.93. The number of nitrogens with zero attached hydrogens (tertiary/aromatic N) is 3. The van der Waals surface area contributed by atoms with Gasteiger partial charge in [0.2, 0.25) is 0 Å². The fraction of sp³-hybridized carbons (Fsp3) is 0.333. The molecule has 20 heavy (non-hydrogen) atoms. The maximum Gasteiger partial charge on any atom is 0.310 e. The third kappa shape index (κ3) is 2.75. The molecule has 0 aliphatic carbocycles. The van der Waals surface area contributed by atoms with Crippen LogP contribution in [0.25, 0.3) is 10.6 Å². The predicted molar refractivity (Wildman–Crippen MR) is 75.8 cm³/mol. The Morgan fingerprint density at radius 2 is 2.25 bits per heavy atom. The second-order valence-corrected chi connectivity index (χ2v) is 5.11. The summed E-state index contributed by atoms with van der Waals surface area (Å²) >= 11 is 1.38. The predicted octanol–water partition coefficient (Wildman–Crippen LogP) is 2.53. The molecule has 0 aliphatic heterocycles. The third-order valence-electron chi connectivity index (χ3n) is 2.82. The minimum Gasteiger partial charge on any atom is -0.490 e. The fourth-order valence-electron chi connectivity index (χ4n) is 1.64. The van der Waals surface area contributed by atoms with Crippen LogP contribution >= 0.6 is 11.3 Å². The molecule has 1 heterocycles. The Morgan fingerprint density at radius 3 is 2.85 bits per heavy atom. The third-order valence-corrected chi connectivity index (χ3v) is 3.93. The summed E-state index contributed by atoms with van der Waals surface area (Å²) < 4.78 is 5.03. The van der Waals surface area contributed by atoms with Gasteiger partial charge in [0.1, 0.15) is 10.0 Å². The van der Waals surface area contributed by atoms with Crippen LogP contribution < -0.4 is 10.5 Å². The van der Waals surface area contributed by atoms with Crippen molar-refractivity contribution >= 4 is 17.0 Å². The van der Waals surface area contributed by atoms with Crippen LogP contribution in [0.1, 0.15) is 24.4 Å². The summed E-state index contributed by atoms with van der Waals surface area (Å²) in [6, 6.07) is 4.47. The van der Waals surface area contributed by atoms with E-state index < -0.39 is 4.92 Å². The van der Waals surface area contributed by atoms with E-state index in [1.165, 1.54) is 24.5 Å². The van der Waals surface area contributed by atoms with Gasteiger partial charge in [0, 0.05) is 11.6 Å². The molecule has 0 amide bonds. The van der Waals surface area contributed by atoms with Gasteiger partial charge in [0.15, 0.2) is 5.75 Å². The molecule has 0 fully saturated rings. The van der Waals surface area contributed by atoms with E-state index in [9.17, 15) is 10.1 Å². The molecule has 0 saturated heterocycles. The highest BCUT2D eigenvalue weighted by molar-refractivity contribution is 7.14. The van der Waals surface area contributed by atoms with Crippen LogP contribution in [0, 0.1) is 10.1 Å². The fourth-order valence-corrected chi connectivity index (χ4v) is 2.56. The number of nitro benzene ring substituents is 1. The van der Waals surface area contributed by atoms with Gasteiger partial charge in [-0.2, -0.15) is 0 Å². The zero-order valence-electron chi connectivity index (χ0n) is 11.1. The Hall–Kier alpha value is -2.06. The van der Waals surface area contributed by atoms with Gasteiger partial charge in [-0.1, -0.05) is 18.3 Å². The van der Waals surface area contributed by atoms with Crippen molar-refractivity contribution in [3.05, 3.63) is 33.3 Å². The molecule has 1 unspecified atom stereocenters. The summed E-state index contributed by atoms with van der Waals surface area (Å²) in [5.74, 6) is 0.198. The summed E-state index contributed by atoms with van der Waals surface area (Å²) in [7, 11) is 1.39. The van der Waals surface area contributed by atoms with Gasteiger partial charge in [-0.25, -0.2) is 0 Å². The van der Waals surface area contributed by atoms with E-state index >= 15 is 0 Å². The van der Waals surface area contributed by atoms with Crippen molar-refractivity contribution in [2.45, 2.75) is 19.4 Å². The second-order valence-electron chi connectivity index (χ2n) is 4.10. The minimum atomic E-state index is -0.485. The Kier molecular flexibility index (Phi) is 4.26. The van der Waals surface area contributed by atoms with Crippen molar-refractivity contribution in [2.24, 2.45) is 5.73 Å². The van der Waals surface area contributed by atoms with Gasteiger partial charge in [0.25, 0.3) is 0 Å². The Bertz CT molecular complexity index is 629. The zero-order chi connectivity index (χ0) is 14.7. The molecule has 0 bridgehead atoms. The Morgan fingerprint density at radius 1 is 1.50 bits per heavy atom. The van der Waals surface area contributed by atoms with Crippen molar-refractivity contribution in [2.75, 3.05) is 7.11 Å². The van der Waals surface area contributed by atoms with Crippen molar-refractivity contribution in [3.63, 3.8) is 0 Å². The van der Waals surface area contributed by atoms with E-state index in [0.29, 0.717) is 5.01 Å². The normalized spacial score (nSPS) is 12.2. The molecule has 8 heteroatoms. The molecular formula is C12H14N4O3S. The van der Waals surface area contributed by atoms with Crippen LogP contribution in [0.5, 0.6) is 5.75 Å². The molecule has 0 spiro atoms. The first-order valence-electron chi connectivity index (χ1n) is 5.98. The van der Waals surface area contributed by atoms with Gasteiger partial charge in [0.05, 0.1) is 18.1 Å². The van der Waals surface area contributed by atoms with Crippen molar-refractivity contribution in [1.82, 2.24) is 10.2 Å². The lowest BCUT2D eigenvalue weighted by Gasteiger charge is -2.03. The van der Waals surface area contributed by atoms with Crippen LogP contribution in [0.2, 0.25) is 0 Å². The first-order valence-corrected chi connectivity index (χ1v) is 6.80. The molecule has 2 N–H and O–H groups in total. The summed E-state index contributed by atoms with van der Waals surface area (Å²) in [6.45, 7) is 1.97. The maximum absolute atomic E-state index is 10.8. The van der Waals surface area contributed by atoms with E-state index in [1.54, 1.807) is 12.1 Å². The molecular weight excluding hydrogens is 280 g/mol. The summed E-state index contributed by atoms with van der Waals surface area (Å²) in [5, 5.41) is 20.4. The maximum atomic E-state index is 10.8. The number of hydrogen-bond acceptors (Lipinski definition) is 7. The highest BCUT2D eigenvalue weighted by Gasteiger charge is 2.18. The first-order chi connectivity index (χ1) is 9.56. The molecule has 1 atom stereocenters. The summed E-state index contributed by atoms with van der Waals surface area (Å²) in [4.78, 5) is 10.4. The van der Waals surface area contributed by atoms with Gasteiger partial charge in [-0.05, 0) is 18.6 Å². The number of benzene rings is 1.